The summed E-state index contributed by atoms with van der Waals surface area (Å²) in [5.74, 6) is 0. The van der Waals surface area contributed by atoms with E-state index < -0.39 is 0 Å². The smallest absolute Gasteiger partial charge is 0.0701 e. The fourth-order valence-electron chi connectivity index (χ4n) is 1.67. The van der Waals surface area contributed by atoms with E-state index in [1.165, 1.54) is 19.1 Å². The third kappa shape index (κ3) is 2.74. The van der Waals surface area contributed by atoms with Gasteiger partial charge < -0.3 is 5.32 Å². The number of aryl methyl sites for hydroxylation is 1. The first-order valence-electron chi connectivity index (χ1n) is 5.24. The second kappa shape index (κ2) is 5.45. The van der Waals surface area contributed by atoms with Gasteiger partial charge >= 0.3 is 0 Å². The van der Waals surface area contributed by atoms with Crippen molar-refractivity contribution < 1.29 is 0 Å². The van der Waals surface area contributed by atoms with Crippen LogP contribution in [0, 0.1) is 6.92 Å². The lowest BCUT2D eigenvalue weighted by Gasteiger charge is -2.14. The molecule has 0 aromatic carbocycles. The van der Waals surface area contributed by atoms with Crippen LogP contribution in [-0.4, -0.2) is 6.54 Å². The molecule has 1 unspecified atom stereocenters. The van der Waals surface area contributed by atoms with Crippen molar-refractivity contribution in [1.29, 1.82) is 0 Å². The van der Waals surface area contributed by atoms with Crippen molar-refractivity contribution in [2.24, 2.45) is 0 Å². The topological polar surface area (TPSA) is 12.0 Å². The van der Waals surface area contributed by atoms with Crippen LogP contribution in [0.1, 0.15) is 28.3 Å². The first-order chi connectivity index (χ1) is 7.70. The molecule has 16 heavy (non-hydrogen) atoms. The standard InChI is InChI=1S/C12H14BrNS2/c1-3-14-12(9-6-11(13)15-7-9)10-5-4-8(2)16-10/h4-7,12,14H,3H2,1-2H3. The largest absolute Gasteiger partial charge is 0.306 e. The highest BCUT2D eigenvalue weighted by Gasteiger charge is 2.15. The molecule has 0 bridgehead atoms. The van der Waals surface area contributed by atoms with E-state index in [2.05, 4.69) is 58.7 Å². The second-order valence-electron chi connectivity index (χ2n) is 3.62. The number of hydrogen-bond donors (Lipinski definition) is 1. The van der Waals surface area contributed by atoms with Crippen LogP contribution in [0.15, 0.2) is 27.4 Å². The third-order valence-electron chi connectivity index (χ3n) is 2.37. The maximum absolute atomic E-state index is 3.54. The van der Waals surface area contributed by atoms with Crippen molar-refractivity contribution in [3.05, 3.63) is 42.7 Å². The number of rotatable bonds is 4. The lowest BCUT2D eigenvalue weighted by molar-refractivity contribution is 0.641. The molecule has 4 heteroatoms. The van der Waals surface area contributed by atoms with Crippen LogP contribution in [0.5, 0.6) is 0 Å². The van der Waals surface area contributed by atoms with Crippen molar-refractivity contribution in [2.45, 2.75) is 19.9 Å². The van der Waals surface area contributed by atoms with E-state index in [9.17, 15) is 0 Å². The van der Waals surface area contributed by atoms with Gasteiger partial charge in [-0.05, 0) is 58.5 Å². The van der Waals surface area contributed by atoms with Gasteiger partial charge in [0.05, 0.1) is 9.83 Å². The summed E-state index contributed by atoms with van der Waals surface area (Å²) in [6.45, 7) is 5.28. The van der Waals surface area contributed by atoms with Gasteiger partial charge in [-0.1, -0.05) is 6.92 Å². The normalized spacial score (nSPS) is 12.9. The summed E-state index contributed by atoms with van der Waals surface area (Å²) in [5, 5.41) is 5.75. The van der Waals surface area contributed by atoms with E-state index in [0.29, 0.717) is 6.04 Å². The molecular weight excluding hydrogens is 302 g/mol. The Morgan fingerprint density at radius 2 is 2.25 bits per heavy atom. The molecule has 2 rings (SSSR count). The molecule has 0 aliphatic heterocycles. The summed E-state index contributed by atoms with van der Waals surface area (Å²) >= 11 is 7.13. The summed E-state index contributed by atoms with van der Waals surface area (Å²) in [6, 6.07) is 6.95. The molecule has 0 spiro atoms. The molecule has 1 nitrogen and oxygen atoms in total. The van der Waals surface area contributed by atoms with Crippen LogP contribution in [-0.2, 0) is 0 Å². The Hall–Kier alpha value is -0.160. The summed E-state index contributed by atoms with van der Waals surface area (Å²) in [4.78, 5) is 2.76. The Bertz CT molecular complexity index is 421. The fraction of sp³-hybridized carbons (Fsp3) is 0.333. The van der Waals surface area contributed by atoms with Crippen molar-refractivity contribution in [2.75, 3.05) is 6.54 Å². The maximum Gasteiger partial charge on any atom is 0.0701 e. The lowest BCUT2D eigenvalue weighted by Crippen LogP contribution is -2.20. The number of nitrogens with one attached hydrogen (secondary N) is 1. The fourth-order valence-corrected chi connectivity index (χ4v) is 3.85. The van der Waals surface area contributed by atoms with E-state index in [4.69, 9.17) is 0 Å². The molecule has 1 atom stereocenters. The van der Waals surface area contributed by atoms with Crippen LogP contribution >= 0.6 is 38.6 Å². The lowest BCUT2D eigenvalue weighted by atomic mass is 10.1. The molecule has 2 aromatic rings. The molecule has 0 radical (unpaired) electrons. The summed E-state index contributed by atoms with van der Waals surface area (Å²) in [5.41, 5.74) is 1.35. The van der Waals surface area contributed by atoms with Gasteiger partial charge in [-0.3, -0.25) is 0 Å². The molecule has 0 fully saturated rings. The third-order valence-corrected chi connectivity index (χ3v) is 4.96. The van der Waals surface area contributed by atoms with Crippen molar-refractivity contribution >= 4 is 38.6 Å². The van der Waals surface area contributed by atoms with Gasteiger partial charge in [-0.25, -0.2) is 0 Å². The van der Waals surface area contributed by atoms with Crippen molar-refractivity contribution in [1.82, 2.24) is 5.32 Å². The molecule has 0 aliphatic carbocycles. The van der Waals surface area contributed by atoms with E-state index in [-0.39, 0.29) is 0 Å². The van der Waals surface area contributed by atoms with Gasteiger partial charge in [-0.15, -0.1) is 22.7 Å². The zero-order chi connectivity index (χ0) is 11.5. The first-order valence-corrected chi connectivity index (χ1v) is 7.73. The predicted octanol–water partition coefficient (Wildman–Crippen LogP) is 4.58. The number of halogens is 1. The van der Waals surface area contributed by atoms with Gasteiger partial charge in [0.1, 0.15) is 0 Å². The molecule has 86 valence electrons. The number of hydrogen-bond acceptors (Lipinski definition) is 3. The average Bonchev–Trinajstić information content (AvgIpc) is 2.84. The van der Waals surface area contributed by atoms with Crippen LogP contribution in [0.3, 0.4) is 0 Å². The van der Waals surface area contributed by atoms with Crippen LogP contribution in [0.2, 0.25) is 0 Å². The zero-order valence-corrected chi connectivity index (χ0v) is 12.5. The molecule has 0 aliphatic rings. The highest BCUT2D eigenvalue weighted by molar-refractivity contribution is 9.11. The molecule has 0 amide bonds. The van der Waals surface area contributed by atoms with E-state index in [1.807, 2.05) is 11.3 Å². The Labute approximate surface area is 113 Å². The number of thiophene rings is 2. The van der Waals surface area contributed by atoms with Gasteiger partial charge in [0.2, 0.25) is 0 Å². The minimum atomic E-state index is 0.339. The second-order valence-corrected chi connectivity index (χ2v) is 7.23. The van der Waals surface area contributed by atoms with E-state index in [0.717, 1.165) is 6.54 Å². The SMILES string of the molecule is CCNC(c1csc(Br)c1)c1ccc(C)s1. The van der Waals surface area contributed by atoms with E-state index >= 15 is 0 Å². The minimum Gasteiger partial charge on any atom is -0.306 e. The van der Waals surface area contributed by atoms with Crippen LogP contribution in [0.4, 0.5) is 0 Å². The quantitative estimate of drug-likeness (QED) is 0.870. The van der Waals surface area contributed by atoms with Crippen LogP contribution < -0.4 is 5.32 Å². The van der Waals surface area contributed by atoms with Gasteiger partial charge in [0.25, 0.3) is 0 Å². The van der Waals surface area contributed by atoms with Gasteiger partial charge in [0.15, 0.2) is 0 Å². The highest BCUT2D eigenvalue weighted by Crippen LogP contribution is 2.32. The molecule has 2 heterocycles. The Balaban J connectivity index is 2.30. The van der Waals surface area contributed by atoms with Gasteiger partial charge in [0, 0.05) is 9.75 Å². The summed E-state index contributed by atoms with van der Waals surface area (Å²) in [7, 11) is 0. The zero-order valence-electron chi connectivity index (χ0n) is 9.29. The van der Waals surface area contributed by atoms with Crippen molar-refractivity contribution in [3.8, 4) is 0 Å². The molecule has 2 aromatic heterocycles. The molecule has 1 N–H and O–H groups in total. The average molecular weight is 316 g/mol. The molecule has 0 saturated heterocycles. The Morgan fingerprint density at radius 1 is 1.44 bits per heavy atom. The van der Waals surface area contributed by atoms with Crippen molar-refractivity contribution in [3.63, 3.8) is 0 Å². The van der Waals surface area contributed by atoms with Gasteiger partial charge in [-0.2, -0.15) is 0 Å². The Morgan fingerprint density at radius 3 is 2.75 bits per heavy atom. The van der Waals surface area contributed by atoms with E-state index in [1.54, 1.807) is 11.3 Å². The van der Waals surface area contributed by atoms with Crippen LogP contribution in [0.25, 0.3) is 0 Å². The first kappa shape index (κ1) is 12.3. The highest BCUT2D eigenvalue weighted by atomic mass is 79.9. The molecule has 0 saturated carbocycles. The Kier molecular flexibility index (Phi) is 4.19. The predicted molar refractivity (Wildman–Crippen MR) is 76.6 cm³/mol. The maximum atomic E-state index is 3.54. The summed E-state index contributed by atoms with van der Waals surface area (Å²) in [6.07, 6.45) is 0. The molecular formula is C12H14BrNS2. The minimum absolute atomic E-state index is 0.339. The monoisotopic (exact) mass is 315 g/mol. The summed E-state index contributed by atoms with van der Waals surface area (Å²) < 4.78 is 1.19.